The Morgan fingerprint density at radius 2 is 1.83 bits per heavy atom. The number of hydrogen-bond donors (Lipinski definition) is 1. The number of nitrogens with zero attached hydrogens (tertiary/aromatic N) is 1. The van der Waals surface area contributed by atoms with Crippen LogP contribution in [0.2, 0.25) is 0 Å². The summed E-state index contributed by atoms with van der Waals surface area (Å²) in [5.74, 6) is 0.236. The van der Waals surface area contributed by atoms with Crippen molar-refractivity contribution in [2.24, 2.45) is 0 Å². The average molecular weight is 461 g/mol. The average Bonchev–Trinajstić information content (AvgIpc) is 2.71. The van der Waals surface area contributed by atoms with Gasteiger partial charge in [-0.25, -0.2) is 0 Å². The number of rotatable bonds is 9. The highest BCUT2D eigenvalue weighted by Crippen LogP contribution is 2.16. The van der Waals surface area contributed by atoms with E-state index in [0.29, 0.717) is 12.3 Å². The lowest BCUT2D eigenvalue weighted by atomic mass is 10.1. The minimum atomic E-state index is -0.610. The maximum absolute atomic E-state index is 13.0. The van der Waals surface area contributed by atoms with E-state index in [1.165, 1.54) is 0 Å². The molecule has 0 heterocycles. The van der Waals surface area contributed by atoms with Crippen LogP contribution in [0.5, 0.6) is 5.75 Å². The molecule has 0 spiro atoms. The Bertz CT molecular complexity index is 823. The second-order valence-electron chi connectivity index (χ2n) is 7.25. The van der Waals surface area contributed by atoms with Gasteiger partial charge in [0.05, 0.1) is 0 Å². The molecule has 2 aromatic carbocycles. The van der Waals surface area contributed by atoms with Crippen LogP contribution in [0.4, 0.5) is 0 Å². The predicted molar refractivity (Wildman–Crippen MR) is 119 cm³/mol. The Labute approximate surface area is 181 Å². The van der Waals surface area contributed by atoms with Gasteiger partial charge in [-0.2, -0.15) is 0 Å². The molecule has 5 nitrogen and oxygen atoms in total. The Morgan fingerprint density at radius 3 is 2.45 bits per heavy atom. The van der Waals surface area contributed by atoms with Gasteiger partial charge in [-0.05, 0) is 62.6 Å². The summed E-state index contributed by atoms with van der Waals surface area (Å²) in [5.41, 5.74) is 2.00. The van der Waals surface area contributed by atoms with E-state index in [0.717, 1.165) is 22.0 Å². The minimum absolute atomic E-state index is 0.0538. The maximum atomic E-state index is 13.0. The van der Waals surface area contributed by atoms with E-state index in [4.69, 9.17) is 4.74 Å². The summed E-state index contributed by atoms with van der Waals surface area (Å²) in [4.78, 5) is 27.2. The highest BCUT2D eigenvalue weighted by molar-refractivity contribution is 9.10. The van der Waals surface area contributed by atoms with Gasteiger partial charge in [0.2, 0.25) is 5.91 Å². The number of amides is 2. The van der Waals surface area contributed by atoms with Crippen molar-refractivity contribution in [2.45, 2.75) is 52.7 Å². The van der Waals surface area contributed by atoms with E-state index in [2.05, 4.69) is 21.2 Å². The molecule has 0 aliphatic heterocycles. The Kier molecular flexibility index (Phi) is 8.70. The number of ether oxygens (including phenoxy) is 1. The Balaban J connectivity index is 2.14. The lowest BCUT2D eigenvalue weighted by Crippen LogP contribution is -2.50. The van der Waals surface area contributed by atoms with Crippen LogP contribution in [0, 0.1) is 6.92 Å². The van der Waals surface area contributed by atoms with Crippen LogP contribution in [0.15, 0.2) is 53.0 Å². The number of carbonyl (C=O) groups excluding carboxylic acids is 2. The van der Waals surface area contributed by atoms with Gasteiger partial charge in [-0.15, -0.1) is 0 Å². The standard InChI is InChI=1S/C23H29BrN2O3/c1-5-17(3)25-23(28)18(4)26(14-19-9-11-20(24)12-10-19)22(27)15-29-21-8-6-7-16(2)13-21/h6-13,17-18H,5,14-15H2,1-4H3,(H,25,28)/t17-,18+/m1/s1. The van der Waals surface area contributed by atoms with Crippen LogP contribution in [0.1, 0.15) is 38.3 Å². The van der Waals surface area contributed by atoms with E-state index >= 15 is 0 Å². The highest BCUT2D eigenvalue weighted by atomic mass is 79.9. The summed E-state index contributed by atoms with van der Waals surface area (Å²) >= 11 is 3.42. The second-order valence-corrected chi connectivity index (χ2v) is 8.16. The summed E-state index contributed by atoms with van der Waals surface area (Å²) in [6.45, 7) is 7.89. The number of carbonyl (C=O) groups is 2. The van der Waals surface area contributed by atoms with Gasteiger partial charge in [-0.3, -0.25) is 9.59 Å². The molecule has 2 amide bonds. The van der Waals surface area contributed by atoms with E-state index in [9.17, 15) is 9.59 Å². The number of halogens is 1. The molecule has 156 valence electrons. The zero-order valence-corrected chi connectivity index (χ0v) is 19.0. The third-order valence-electron chi connectivity index (χ3n) is 4.79. The highest BCUT2D eigenvalue weighted by Gasteiger charge is 2.27. The van der Waals surface area contributed by atoms with Gasteiger partial charge >= 0.3 is 0 Å². The van der Waals surface area contributed by atoms with Gasteiger partial charge < -0.3 is 15.0 Å². The first-order valence-electron chi connectivity index (χ1n) is 9.84. The van der Waals surface area contributed by atoms with Gasteiger partial charge in [0.1, 0.15) is 11.8 Å². The van der Waals surface area contributed by atoms with Crippen LogP contribution >= 0.6 is 15.9 Å². The molecular weight excluding hydrogens is 432 g/mol. The molecule has 0 aliphatic rings. The zero-order valence-electron chi connectivity index (χ0n) is 17.4. The molecule has 2 atom stereocenters. The fourth-order valence-corrected chi connectivity index (χ4v) is 3.03. The fraction of sp³-hybridized carbons (Fsp3) is 0.391. The lowest BCUT2D eigenvalue weighted by Gasteiger charge is -2.29. The first-order chi connectivity index (χ1) is 13.8. The normalized spacial score (nSPS) is 12.7. The first-order valence-corrected chi connectivity index (χ1v) is 10.6. The van der Waals surface area contributed by atoms with Crippen molar-refractivity contribution in [3.63, 3.8) is 0 Å². The van der Waals surface area contributed by atoms with Crippen molar-refractivity contribution in [1.29, 1.82) is 0 Å². The number of benzene rings is 2. The molecule has 2 aromatic rings. The van der Waals surface area contributed by atoms with Crippen LogP contribution < -0.4 is 10.1 Å². The molecule has 0 bridgehead atoms. The Hall–Kier alpha value is -2.34. The second kappa shape index (κ2) is 11.0. The molecule has 0 saturated heterocycles. The molecule has 0 radical (unpaired) electrons. The first kappa shape index (κ1) is 22.9. The molecular formula is C23H29BrN2O3. The van der Waals surface area contributed by atoms with Crippen molar-refractivity contribution in [1.82, 2.24) is 10.2 Å². The van der Waals surface area contributed by atoms with Gasteiger partial charge in [0.25, 0.3) is 5.91 Å². The van der Waals surface area contributed by atoms with Crippen molar-refractivity contribution < 1.29 is 14.3 Å². The van der Waals surface area contributed by atoms with Crippen molar-refractivity contribution >= 4 is 27.7 Å². The molecule has 1 N–H and O–H groups in total. The summed E-state index contributed by atoms with van der Waals surface area (Å²) in [6.07, 6.45) is 0.829. The van der Waals surface area contributed by atoms with Gasteiger partial charge in [0.15, 0.2) is 6.61 Å². The zero-order chi connectivity index (χ0) is 21.4. The number of hydrogen-bond acceptors (Lipinski definition) is 3. The molecule has 0 aliphatic carbocycles. The summed E-state index contributed by atoms with van der Waals surface area (Å²) < 4.78 is 6.65. The topological polar surface area (TPSA) is 58.6 Å². The fourth-order valence-electron chi connectivity index (χ4n) is 2.77. The largest absolute Gasteiger partial charge is 0.484 e. The molecule has 0 fully saturated rings. The summed E-state index contributed by atoms with van der Waals surface area (Å²) in [7, 11) is 0. The number of aryl methyl sites for hydroxylation is 1. The van der Waals surface area contributed by atoms with Crippen molar-refractivity contribution in [2.75, 3.05) is 6.61 Å². The van der Waals surface area contributed by atoms with Gasteiger partial charge in [-0.1, -0.05) is 47.1 Å². The molecule has 0 unspecified atom stereocenters. The van der Waals surface area contributed by atoms with Crippen LogP contribution in [0.25, 0.3) is 0 Å². The van der Waals surface area contributed by atoms with Crippen molar-refractivity contribution in [3.8, 4) is 5.75 Å². The summed E-state index contributed by atoms with van der Waals surface area (Å²) in [6, 6.07) is 14.7. The smallest absolute Gasteiger partial charge is 0.261 e. The molecule has 2 rings (SSSR count). The lowest BCUT2D eigenvalue weighted by molar-refractivity contribution is -0.142. The van der Waals surface area contributed by atoms with Gasteiger partial charge in [0, 0.05) is 17.1 Å². The molecule has 29 heavy (non-hydrogen) atoms. The van der Waals surface area contributed by atoms with Crippen LogP contribution in [-0.2, 0) is 16.1 Å². The third kappa shape index (κ3) is 7.20. The Morgan fingerprint density at radius 1 is 1.14 bits per heavy atom. The predicted octanol–water partition coefficient (Wildman–Crippen LogP) is 4.47. The monoisotopic (exact) mass is 460 g/mol. The quantitative estimate of drug-likeness (QED) is 0.600. The maximum Gasteiger partial charge on any atom is 0.261 e. The SMILES string of the molecule is CC[C@@H](C)NC(=O)[C@H](C)N(Cc1ccc(Br)cc1)C(=O)COc1cccc(C)c1. The van der Waals surface area contributed by atoms with E-state index in [1.807, 2.05) is 69.3 Å². The minimum Gasteiger partial charge on any atom is -0.484 e. The van der Waals surface area contributed by atoms with Crippen molar-refractivity contribution in [3.05, 3.63) is 64.1 Å². The third-order valence-corrected chi connectivity index (χ3v) is 5.32. The van der Waals surface area contributed by atoms with E-state index in [1.54, 1.807) is 11.8 Å². The number of nitrogens with one attached hydrogen (secondary N) is 1. The molecule has 0 saturated carbocycles. The van der Waals surface area contributed by atoms with Crippen LogP contribution in [0.3, 0.4) is 0 Å². The van der Waals surface area contributed by atoms with Crippen LogP contribution in [-0.4, -0.2) is 35.4 Å². The van der Waals surface area contributed by atoms with E-state index in [-0.39, 0.29) is 24.5 Å². The molecule has 0 aromatic heterocycles. The molecule has 6 heteroatoms. The van der Waals surface area contributed by atoms with E-state index < -0.39 is 6.04 Å². The summed E-state index contributed by atoms with van der Waals surface area (Å²) in [5, 5.41) is 2.96.